The van der Waals surface area contributed by atoms with E-state index in [0.717, 1.165) is 51.6 Å². The standard InChI is InChI=1S/C19H34N4O2.HI/c1-4-23(18-10-6-5-7-11-18)14-8-12-21-19(20-2)22-13-9-15-25-17-16-24-3;/h5-7,10-11H,4,8-9,12-17H2,1-3H3,(H2,20,21,22);1H. The van der Waals surface area contributed by atoms with Crippen LogP contribution in [0.2, 0.25) is 0 Å². The first-order valence-electron chi connectivity index (χ1n) is 9.13. The highest BCUT2D eigenvalue weighted by molar-refractivity contribution is 14.0. The number of halogens is 1. The van der Waals surface area contributed by atoms with Crippen LogP contribution in [0.3, 0.4) is 0 Å². The summed E-state index contributed by atoms with van der Waals surface area (Å²) in [7, 11) is 3.48. The number of para-hydroxylation sites is 1. The van der Waals surface area contributed by atoms with Crippen LogP contribution in [0.15, 0.2) is 35.3 Å². The van der Waals surface area contributed by atoms with Crippen molar-refractivity contribution in [2.45, 2.75) is 19.8 Å². The van der Waals surface area contributed by atoms with E-state index in [0.29, 0.717) is 13.2 Å². The maximum Gasteiger partial charge on any atom is 0.190 e. The fourth-order valence-corrected chi connectivity index (χ4v) is 2.43. The van der Waals surface area contributed by atoms with E-state index in [4.69, 9.17) is 9.47 Å². The number of nitrogens with zero attached hydrogens (tertiary/aromatic N) is 2. The fraction of sp³-hybridized carbons (Fsp3) is 0.632. The van der Waals surface area contributed by atoms with Gasteiger partial charge in [0.15, 0.2) is 5.96 Å². The number of guanidine groups is 1. The summed E-state index contributed by atoms with van der Waals surface area (Å²) >= 11 is 0. The van der Waals surface area contributed by atoms with Crippen molar-refractivity contribution >= 4 is 35.6 Å². The zero-order chi connectivity index (χ0) is 18.2. The van der Waals surface area contributed by atoms with Gasteiger partial charge in [-0.3, -0.25) is 4.99 Å². The summed E-state index contributed by atoms with van der Waals surface area (Å²) in [5.41, 5.74) is 1.28. The van der Waals surface area contributed by atoms with Crippen molar-refractivity contribution in [1.29, 1.82) is 0 Å². The molecule has 0 aliphatic rings. The first-order chi connectivity index (χ1) is 12.3. The summed E-state index contributed by atoms with van der Waals surface area (Å²) in [5.74, 6) is 0.847. The molecule has 0 atom stereocenters. The summed E-state index contributed by atoms with van der Waals surface area (Å²) in [4.78, 5) is 6.63. The van der Waals surface area contributed by atoms with E-state index in [1.807, 2.05) is 0 Å². The Morgan fingerprint density at radius 3 is 2.35 bits per heavy atom. The monoisotopic (exact) mass is 478 g/mol. The van der Waals surface area contributed by atoms with E-state index in [1.54, 1.807) is 14.2 Å². The minimum absolute atomic E-state index is 0. The van der Waals surface area contributed by atoms with Gasteiger partial charge in [0.05, 0.1) is 13.2 Å². The molecule has 0 saturated heterocycles. The molecule has 0 aliphatic carbocycles. The quantitative estimate of drug-likeness (QED) is 0.198. The number of anilines is 1. The average molecular weight is 478 g/mol. The van der Waals surface area contributed by atoms with Gasteiger partial charge in [-0.2, -0.15) is 0 Å². The Balaban J connectivity index is 0.00000625. The Bertz CT molecular complexity index is 460. The van der Waals surface area contributed by atoms with E-state index in [9.17, 15) is 0 Å². The lowest BCUT2D eigenvalue weighted by Crippen LogP contribution is -2.39. The van der Waals surface area contributed by atoms with Gasteiger partial charge in [-0.15, -0.1) is 24.0 Å². The maximum absolute atomic E-state index is 5.44. The highest BCUT2D eigenvalue weighted by Gasteiger charge is 2.03. The number of benzene rings is 1. The van der Waals surface area contributed by atoms with Gasteiger partial charge in [-0.1, -0.05) is 18.2 Å². The van der Waals surface area contributed by atoms with Crippen molar-refractivity contribution in [2.24, 2.45) is 4.99 Å². The summed E-state index contributed by atoms with van der Waals surface area (Å²) in [6, 6.07) is 10.5. The molecule has 2 N–H and O–H groups in total. The van der Waals surface area contributed by atoms with E-state index < -0.39 is 0 Å². The molecule has 7 heteroatoms. The second-order valence-electron chi connectivity index (χ2n) is 5.65. The van der Waals surface area contributed by atoms with E-state index in [-0.39, 0.29) is 24.0 Å². The highest BCUT2D eigenvalue weighted by Crippen LogP contribution is 2.12. The second kappa shape index (κ2) is 17.4. The molecule has 150 valence electrons. The zero-order valence-corrected chi connectivity index (χ0v) is 18.7. The topological polar surface area (TPSA) is 58.1 Å². The summed E-state index contributed by atoms with van der Waals surface area (Å²) < 4.78 is 10.4. The van der Waals surface area contributed by atoms with E-state index >= 15 is 0 Å². The van der Waals surface area contributed by atoms with Crippen LogP contribution < -0.4 is 15.5 Å². The van der Waals surface area contributed by atoms with Crippen molar-refractivity contribution in [2.75, 3.05) is 65.1 Å². The molecule has 26 heavy (non-hydrogen) atoms. The number of hydrogen-bond donors (Lipinski definition) is 2. The van der Waals surface area contributed by atoms with Gasteiger partial charge in [-0.25, -0.2) is 0 Å². The van der Waals surface area contributed by atoms with Gasteiger partial charge in [0.2, 0.25) is 0 Å². The molecule has 0 saturated carbocycles. The van der Waals surface area contributed by atoms with Crippen LogP contribution in [-0.4, -0.2) is 66.1 Å². The summed E-state index contributed by atoms with van der Waals surface area (Å²) in [6.45, 7) is 8.00. The van der Waals surface area contributed by atoms with Crippen LogP contribution >= 0.6 is 24.0 Å². The Morgan fingerprint density at radius 2 is 1.73 bits per heavy atom. The van der Waals surface area contributed by atoms with Crippen molar-refractivity contribution < 1.29 is 9.47 Å². The van der Waals surface area contributed by atoms with Crippen molar-refractivity contribution in [1.82, 2.24) is 10.6 Å². The van der Waals surface area contributed by atoms with Gasteiger partial charge in [0.25, 0.3) is 0 Å². The lowest BCUT2D eigenvalue weighted by atomic mass is 10.2. The second-order valence-corrected chi connectivity index (χ2v) is 5.65. The SMILES string of the molecule is CCN(CCCNC(=NC)NCCCOCCOC)c1ccccc1.I. The summed E-state index contributed by atoms with van der Waals surface area (Å²) in [5, 5.41) is 6.67. The molecule has 0 aliphatic heterocycles. The molecule has 1 rings (SSSR count). The molecule has 0 heterocycles. The number of methoxy groups -OCH3 is 1. The fourth-order valence-electron chi connectivity index (χ4n) is 2.43. The molecule has 0 radical (unpaired) electrons. The molecule has 0 amide bonds. The minimum Gasteiger partial charge on any atom is -0.382 e. The molecule has 0 unspecified atom stereocenters. The molecule has 0 fully saturated rings. The Kier molecular flexibility index (Phi) is 16.7. The van der Waals surface area contributed by atoms with Crippen molar-refractivity contribution in [3.05, 3.63) is 30.3 Å². The number of hydrogen-bond acceptors (Lipinski definition) is 4. The molecule has 0 spiro atoms. The van der Waals surface area contributed by atoms with Crippen LogP contribution in [0.1, 0.15) is 19.8 Å². The van der Waals surface area contributed by atoms with Gasteiger partial charge in [0.1, 0.15) is 0 Å². The smallest absolute Gasteiger partial charge is 0.190 e. The first kappa shape index (κ1) is 24.9. The zero-order valence-electron chi connectivity index (χ0n) is 16.4. The normalized spacial score (nSPS) is 11.0. The summed E-state index contributed by atoms with van der Waals surface area (Å²) in [6.07, 6.45) is 2.01. The molecular formula is C19H35IN4O2. The molecule has 1 aromatic carbocycles. The van der Waals surface area contributed by atoms with E-state index in [1.165, 1.54) is 5.69 Å². The third-order valence-electron chi connectivity index (χ3n) is 3.81. The number of rotatable bonds is 13. The number of ether oxygens (including phenoxy) is 2. The van der Waals surface area contributed by atoms with Gasteiger partial charge in [-0.05, 0) is 31.9 Å². The van der Waals surface area contributed by atoms with Crippen LogP contribution in [0.4, 0.5) is 5.69 Å². The Labute approximate surface area is 175 Å². The molecule has 1 aromatic rings. The number of nitrogens with one attached hydrogen (secondary N) is 2. The van der Waals surface area contributed by atoms with Crippen molar-refractivity contribution in [3.8, 4) is 0 Å². The van der Waals surface area contributed by atoms with Gasteiger partial charge < -0.3 is 25.0 Å². The molecule has 0 aromatic heterocycles. The lowest BCUT2D eigenvalue weighted by molar-refractivity contribution is 0.0698. The van der Waals surface area contributed by atoms with E-state index in [2.05, 4.69) is 57.8 Å². The number of aliphatic imine (C=N–C) groups is 1. The Morgan fingerprint density at radius 1 is 1.04 bits per heavy atom. The predicted molar refractivity (Wildman–Crippen MR) is 121 cm³/mol. The van der Waals surface area contributed by atoms with Gasteiger partial charge in [0, 0.05) is 52.6 Å². The lowest BCUT2D eigenvalue weighted by Gasteiger charge is -2.23. The third kappa shape index (κ3) is 11.5. The van der Waals surface area contributed by atoms with Crippen LogP contribution in [0, 0.1) is 0 Å². The largest absolute Gasteiger partial charge is 0.382 e. The molecule has 0 bridgehead atoms. The van der Waals surface area contributed by atoms with Crippen LogP contribution in [-0.2, 0) is 9.47 Å². The average Bonchev–Trinajstić information content (AvgIpc) is 2.66. The van der Waals surface area contributed by atoms with Gasteiger partial charge >= 0.3 is 0 Å². The van der Waals surface area contributed by atoms with Crippen LogP contribution in [0.5, 0.6) is 0 Å². The van der Waals surface area contributed by atoms with Crippen molar-refractivity contribution in [3.63, 3.8) is 0 Å². The third-order valence-corrected chi connectivity index (χ3v) is 3.81. The maximum atomic E-state index is 5.44. The predicted octanol–water partition coefficient (Wildman–Crippen LogP) is 2.74. The Hall–Kier alpha value is -1.06. The minimum atomic E-state index is 0. The molecular weight excluding hydrogens is 443 g/mol. The van der Waals surface area contributed by atoms with Crippen LogP contribution in [0.25, 0.3) is 0 Å². The molecule has 6 nitrogen and oxygen atoms in total. The highest BCUT2D eigenvalue weighted by atomic mass is 127. The first-order valence-corrected chi connectivity index (χ1v) is 9.13.